The monoisotopic (exact) mass is 250 g/mol. The van der Waals surface area contributed by atoms with Gasteiger partial charge in [-0.3, -0.25) is 0 Å². The topological polar surface area (TPSA) is 34.1 Å². The maximum absolute atomic E-state index is 5.79. The van der Waals surface area contributed by atoms with E-state index in [0.29, 0.717) is 5.92 Å². The second kappa shape index (κ2) is 8.78. The lowest BCUT2D eigenvalue weighted by Crippen LogP contribution is -2.12. The summed E-state index contributed by atoms with van der Waals surface area (Å²) < 4.78 is 5.79. The van der Waals surface area contributed by atoms with Crippen molar-refractivity contribution in [3.05, 3.63) is 18.2 Å². The number of hydrogen-bond donors (Lipinski definition) is 1. The zero-order valence-electron chi connectivity index (χ0n) is 11.9. The van der Waals surface area contributed by atoms with Crippen LogP contribution in [0.2, 0.25) is 0 Å². The molecule has 0 saturated carbocycles. The van der Waals surface area contributed by atoms with Gasteiger partial charge < -0.3 is 10.1 Å². The molecule has 102 valence electrons. The zero-order valence-corrected chi connectivity index (χ0v) is 11.9. The minimum absolute atomic E-state index is 0.648. The average molecular weight is 250 g/mol. The Bertz CT molecular complexity index is 328. The lowest BCUT2D eigenvalue weighted by molar-refractivity contribution is 0.226. The van der Waals surface area contributed by atoms with Crippen LogP contribution in [0.3, 0.4) is 0 Å². The van der Waals surface area contributed by atoms with Crippen LogP contribution in [0.25, 0.3) is 0 Å². The molecule has 0 fully saturated rings. The van der Waals surface area contributed by atoms with Crippen LogP contribution in [0, 0.1) is 5.92 Å². The minimum atomic E-state index is 0.648. The Morgan fingerprint density at radius 2 is 2.11 bits per heavy atom. The van der Waals surface area contributed by atoms with E-state index in [0.717, 1.165) is 24.8 Å². The van der Waals surface area contributed by atoms with Crippen molar-refractivity contribution in [1.82, 2.24) is 4.98 Å². The van der Waals surface area contributed by atoms with Crippen LogP contribution < -0.4 is 10.1 Å². The van der Waals surface area contributed by atoms with E-state index in [2.05, 4.69) is 31.1 Å². The van der Waals surface area contributed by atoms with E-state index in [9.17, 15) is 0 Å². The fourth-order valence-corrected chi connectivity index (χ4v) is 1.88. The molecule has 0 aliphatic carbocycles. The number of anilines is 1. The summed E-state index contributed by atoms with van der Waals surface area (Å²) >= 11 is 0. The quantitative estimate of drug-likeness (QED) is 0.716. The van der Waals surface area contributed by atoms with Gasteiger partial charge in [0.1, 0.15) is 5.82 Å². The molecule has 0 bridgehead atoms. The molecule has 0 amide bonds. The first-order chi connectivity index (χ1) is 8.80. The van der Waals surface area contributed by atoms with Gasteiger partial charge in [0.15, 0.2) is 0 Å². The van der Waals surface area contributed by atoms with E-state index in [1.54, 1.807) is 0 Å². The third-order valence-corrected chi connectivity index (χ3v) is 3.09. The third-order valence-electron chi connectivity index (χ3n) is 3.09. The lowest BCUT2D eigenvalue weighted by Gasteiger charge is -2.15. The summed E-state index contributed by atoms with van der Waals surface area (Å²) in [6.07, 6.45) is 4.96. The number of pyridine rings is 1. The summed E-state index contributed by atoms with van der Waals surface area (Å²) in [7, 11) is 0. The summed E-state index contributed by atoms with van der Waals surface area (Å²) in [5.74, 6) is 2.26. The van der Waals surface area contributed by atoms with Gasteiger partial charge in [-0.2, -0.15) is 4.98 Å². The average Bonchev–Trinajstić information content (AvgIpc) is 2.40. The predicted octanol–water partition coefficient (Wildman–Crippen LogP) is 4.11. The molecule has 1 atom stereocenters. The second-order valence-electron chi connectivity index (χ2n) is 4.62. The second-order valence-corrected chi connectivity index (χ2v) is 4.62. The summed E-state index contributed by atoms with van der Waals surface area (Å²) in [6, 6.07) is 5.87. The molecule has 0 radical (unpaired) electrons. The Labute approximate surface area is 111 Å². The molecule has 3 heteroatoms. The summed E-state index contributed by atoms with van der Waals surface area (Å²) in [5, 5.41) is 3.19. The largest absolute Gasteiger partial charge is 0.477 e. The van der Waals surface area contributed by atoms with E-state index in [-0.39, 0.29) is 0 Å². The van der Waals surface area contributed by atoms with Crippen molar-refractivity contribution in [1.29, 1.82) is 0 Å². The van der Waals surface area contributed by atoms with Gasteiger partial charge in [0.05, 0.1) is 6.61 Å². The Morgan fingerprint density at radius 1 is 1.28 bits per heavy atom. The van der Waals surface area contributed by atoms with Crippen molar-refractivity contribution in [3.8, 4) is 5.88 Å². The zero-order chi connectivity index (χ0) is 13.2. The van der Waals surface area contributed by atoms with Gasteiger partial charge in [0.25, 0.3) is 0 Å². The first kappa shape index (κ1) is 14.8. The highest BCUT2D eigenvalue weighted by Crippen LogP contribution is 2.16. The number of rotatable bonds is 9. The molecule has 1 unspecified atom stereocenters. The van der Waals surface area contributed by atoms with Crippen molar-refractivity contribution in [3.63, 3.8) is 0 Å². The molecule has 18 heavy (non-hydrogen) atoms. The van der Waals surface area contributed by atoms with E-state index in [4.69, 9.17) is 4.74 Å². The van der Waals surface area contributed by atoms with E-state index >= 15 is 0 Å². The minimum Gasteiger partial charge on any atom is -0.477 e. The molecule has 3 nitrogen and oxygen atoms in total. The maximum Gasteiger partial charge on any atom is 0.215 e. The maximum atomic E-state index is 5.79. The molecule has 0 aromatic carbocycles. The highest BCUT2D eigenvalue weighted by atomic mass is 16.5. The highest BCUT2D eigenvalue weighted by molar-refractivity contribution is 5.36. The molecule has 1 aromatic heterocycles. The summed E-state index contributed by atoms with van der Waals surface area (Å²) in [6.45, 7) is 8.18. The van der Waals surface area contributed by atoms with Crippen LogP contribution in [0.4, 0.5) is 5.82 Å². The summed E-state index contributed by atoms with van der Waals surface area (Å²) in [5.41, 5.74) is 0. The Hall–Kier alpha value is -1.25. The highest BCUT2D eigenvalue weighted by Gasteiger charge is 2.07. The van der Waals surface area contributed by atoms with Crippen molar-refractivity contribution in [2.75, 3.05) is 18.5 Å². The fraction of sp³-hybridized carbons (Fsp3) is 0.667. The van der Waals surface area contributed by atoms with Gasteiger partial charge in [-0.15, -0.1) is 0 Å². The molecule has 0 spiro atoms. The smallest absolute Gasteiger partial charge is 0.215 e. The Kier molecular flexibility index (Phi) is 7.23. The standard InChI is InChI=1S/C15H26N2O/c1-4-7-9-13(5-2)12-18-15-11-8-10-14(17-15)16-6-3/h8,10-11,13H,4-7,9,12H2,1-3H3,(H,16,17). The number of ether oxygens (including phenoxy) is 1. The molecule has 1 N–H and O–H groups in total. The molecular formula is C15H26N2O. The normalized spacial score (nSPS) is 12.2. The molecule has 1 rings (SSSR count). The third kappa shape index (κ3) is 5.39. The Balaban J connectivity index is 2.43. The molecule has 1 aromatic rings. The molecule has 0 aliphatic rings. The fourth-order valence-electron chi connectivity index (χ4n) is 1.88. The first-order valence-corrected chi connectivity index (χ1v) is 7.13. The van der Waals surface area contributed by atoms with E-state index < -0.39 is 0 Å². The number of nitrogens with zero attached hydrogens (tertiary/aromatic N) is 1. The Morgan fingerprint density at radius 3 is 2.78 bits per heavy atom. The van der Waals surface area contributed by atoms with Crippen molar-refractivity contribution < 1.29 is 4.74 Å². The number of nitrogens with one attached hydrogen (secondary N) is 1. The SMILES string of the molecule is CCCCC(CC)COc1cccc(NCC)n1. The van der Waals surface area contributed by atoms with Gasteiger partial charge in [0.2, 0.25) is 5.88 Å². The number of aromatic nitrogens is 1. The van der Waals surface area contributed by atoms with Gasteiger partial charge in [-0.05, 0) is 25.3 Å². The van der Waals surface area contributed by atoms with Crippen LogP contribution in [0.1, 0.15) is 46.5 Å². The van der Waals surface area contributed by atoms with Crippen molar-refractivity contribution in [2.24, 2.45) is 5.92 Å². The van der Waals surface area contributed by atoms with Crippen LogP contribution >= 0.6 is 0 Å². The van der Waals surface area contributed by atoms with Crippen LogP contribution in [-0.4, -0.2) is 18.1 Å². The first-order valence-electron chi connectivity index (χ1n) is 7.13. The van der Waals surface area contributed by atoms with Gasteiger partial charge in [0, 0.05) is 12.6 Å². The predicted molar refractivity (Wildman–Crippen MR) is 77.2 cm³/mol. The van der Waals surface area contributed by atoms with Crippen LogP contribution in [0.5, 0.6) is 5.88 Å². The van der Waals surface area contributed by atoms with Crippen molar-refractivity contribution in [2.45, 2.75) is 46.5 Å². The summed E-state index contributed by atoms with van der Waals surface area (Å²) in [4.78, 5) is 4.42. The van der Waals surface area contributed by atoms with Gasteiger partial charge in [-0.25, -0.2) is 0 Å². The van der Waals surface area contributed by atoms with Crippen molar-refractivity contribution >= 4 is 5.82 Å². The van der Waals surface area contributed by atoms with Crippen LogP contribution in [-0.2, 0) is 0 Å². The number of hydrogen-bond acceptors (Lipinski definition) is 3. The van der Waals surface area contributed by atoms with Crippen LogP contribution in [0.15, 0.2) is 18.2 Å². The molecular weight excluding hydrogens is 224 g/mol. The molecule has 0 saturated heterocycles. The lowest BCUT2D eigenvalue weighted by atomic mass is 10.0. The van der Waals surface area contributed by atoms with Gasteiger partial charge in [-0.1, -0.05) is 39.2 Å². The molecule has 0 aliphatic heterocycles. The molecule has 1 heterocycles. The number of unbranched alkanes of at least 4 members (excludes halogenated alkanes) is 1. The van der Waals surface area contributed by atoms with Gasteiger partial charge >= 0.3 is 0 Å². The van der Waals surface area contributed by atoms with E-state index in [1.165, 1.54) is 25.7 Å². The van der Waals surface area contributed by atoms with E-state index in [1.807, 2.05) is 18.2 Å².